The lowest BCUT2D eigenvalue weighted by Gasteiger charge is -2.24. The third-order valence-corrected chi connectivity index (χ3v) is 5.27. The van der Waals surface area contributed by atoms with Crippen LogP contribution in [0.4, 0.5) is 5.69 Å². The molecule has 0 N–H and O–H groups in total. The van der Waals surface area contributed by atoms with Crippen LogP contribution in [-0.2, 0) is 9.59 Å². The fraction of sp³-hybridized carbons (Fsp3) is 0.300. The van der Waals surface area contributed by atoms with Crippen LogP contribution in [0.15, 0.2) is 53.2 Å². The highest BCUT2D eigenvalue weighted by Gasteiger charge is 2.41. The molecule has 0 unspecified atom stereocenters. The zero-order valence-corrected chi connectivity index (χ0v) is 14.6. The first-order valence-electron chi connectivity index (χ1n) is 8.70. The molecule has 2 aromatic rings. The van der Waals surface area contributed by atoms with E-state index in [0.29, 0.717) is 11.4 Å². The molecule has 25 heavy (non-hydrogen) atoms. The zero-order chi connectivity index (χ0) is 17.4. The first-order valence-corrected chi connectivity index (χ1v) is 9.07. The van der Waals surface area contributed by atoms with Crippen molar-refractivity contribution in [2.45, 2.75) is 25.7 Å². The predicted molar refractivity (Wildman–Crippen MR) is 99.4 cm³/mol. The zero-order valence-electron chi connectivity index (χ0n) is 13.9. The molecule has 4 rings (SSSR count). The minimum atomic E-state index is -0.428. The van der Waals surface area contributed by atoms with E-state index in [0.717, 1.165) is 49.5 Å². The predicted octanol–water partition coefficient (Wildman–Crippen LogP) is 4.04. The van der Waals surface area contributed by atoms with Crippen molar-refractivity contribution in [3.8, 4) is 0 Å². The summed E-state index contributed by atoms with van der Waals surface area (Å²) in [6.45, 7) is 1.54. The number of fused-ring (bicyclic) bond motifs is 1. The summed E-state index contributed by atoms with van der Waals surface area (Å²) in [5.74, 6) is -0.740. The maximum absolute atomic E-state index is 13.1. The first-order chi connectivity index (χ1) is 12.2. The van der Waals surface area contributed by atoms with Crippen molar-refractivity contribution in [2.24, 2.45) is 0 Å². The topological polar surface area (TPSA) is 40.6 Å². The highest BCUT2D eigenvalue weighted by Crippen LogP contribution is 2.35. The Kier molecular flexibility index (Phi) is 4.22. The van der Waals surface area contributed by atoms with Crippen LogP contribution >= 0.6 is 11.6 Å². The fourth-order valence-electron chi connectivity index (χ4n) is 3.68. The monoisotopic (exact) mass is 354 g/mol. The second-order valence-corrected chi connectivity index (χ2v) is 6.89. The number of benzene rings is 2. The van der Waals surface area contributed by atoms with Gasteiger partial charge in [0.2, 0.25) is 0 Å². The molecule has 0 saturated carbocycles. The minimum Gasteiger partial charge on any atom is -0.366 e. The van der Waals surface area contributed by atoms with Gasteiger partial charge in [-0.05, 0) is 24.3 Å². The van der Waals surface area contributed by atoms with Gasteiger partial charge in [-0.15, -0.1) is 0 Å². The van der Waals surface area contributed by atoms with Gasteiger partial charge in [-0.1, -0.05) is 60.8 Å². The van der Waals surface area contributed by atoms with Crippen molar-refractivity contribution in [3.63, 3.8) is 0 Å². The molecule has 1 saturated heterocycles. The third-order valence-electron chi connectivity index (χ3n) is 4.93. The summed E-state index contributed by atoms with van der Waals surface area (Å²) in [5.41, 5.74) is 0.956. The summed E-state index contributed by atoms with van der Waals surface area (Å²) in [6.07, 6.45) is 4.33. The molecule has 2 aliphatic heterocycles. The lowest BCUT2D eigenvalue weighted by Crippen LogP contribution is -2.35. The molecule has 5 heteroatoms. The number of nitrogens with zero attached hydrogens (tertiary/aromatic N) is 2. The van der Waals surface area contributed by atoms with Gasteiger partial charge >= 0.3 is 0 Å². The van der Waals surface area contributed by atoms with Gasteiger partial charge in [0.15, 0.2) is 0 Å². The normalized spacial score (nSPS) is 19.1. The summed E-state index contributed by atoms with van der Waals surface area (Å²) in [4.78, 5) is 29.1. The average Bonchev–Trinajstić information content (AvgIpc) is 2.82. The Morgan fingerprint density at radius 1 is 0.800 bits per heavy atom. The second-order valence-electron chi connectivity index (χ2n) is 6.51. The van der Waals surface area contributed by atoms with Gasteiger partial charge in [-0.3, -0.25) is 9.59 Å². The summed E-state index contributed by atoms with van der Waals surface area (Å²) in [5, 5.41) is 1.90. The van der Waals surface area contributed by atoms with Crippen molar-refractivity contribution < 1.29 is 9.59 Å². The Morgan fingerprint density at radius 3 is 2.24 bits per heavy atom. The Morgan fingerprint density at radius 2 is 1.48 bits per heavy atom. The molecule has 0 aromatic heterocycles. The van der Waals surface area contributed by atoms with E-state index in [1.807, 2.05) is 41.3 Å². The minimum absolute atomic E-state index is 0.0415. The van der Waals surface area contributed by atoms with E-state index in [9.17, 15) is 9.59 Å². The van der Waals surface area contributed by atoms with Gasteiger partial charge in [0.25, 0.3) is 11.8 Å². The average molecular weight is 355 g/mol. The summed E-state index contributed by atoms with van der Waals surface area (Å²) in [6, 6.07) is 13.4. The van der Waals surface area contributed by atoms with Crippen LogP contribution < -0.4 is 4.90 Å². The number of likely N-dealkylation sites (tertiary alicyclic amines) is 1. The second kappa shape index (κ2) is 6.52. The van der Waals surface area contributed by atoms with Gasteiger partial charge in [0, 0.05) is 18.5 Å². The lowest BCUT2D eigenvalue weighted by atomic mass is 10.1. The van der Waals surface area contributed by atoms with Gasteiger partial charge in [0.05, 0.1) is 5.69 Å². The molecule has 2 aromatic carbocycles. The molecule has 128 valence electrons. The molecule has 2 amide bonds. The largest absolute Gasteiger partial charge is 0.366 e. The number of anilines is 1. The quantitative estimate of drug-likeness (QED) is 0.764. The number of halogens is 1. The van der Waals surface area contributed by atoms with Crippen LogP contribution in [0.1, 0.15) is 25.7 Å². The standard InChI is InChI=1S/C20H19ClN2O2/c21-17-18(22-12-5-1-2-6-13-22)20(25)23(19(17)24)16-11-7-9-14-8-3-4-10-15(14)16/h3-4,7-11H,1-2,5-6,12-13H2. The van der Waals surface area contributed by atoms with Crippen LogP contribution in [-0.4, -0.2) is 29.8 Å². The van der Waals surface area contributed by atoms with Crippen molar-refractivity contribution >= 4 is 39.9 Å². The number of hydrogen-bond acceptors (Lipinski definition) is 3. The van der Waals surface area contributed by atoms with Crippen LogP contribution in [0.2, 0.25) is 0 Å². The molecule has 0 radical (unpaired) electrons. The SMILES string of the molecule is O=C1C(Cl)=C(N2CCCCCC2)C(=O)N1c1cccc2ccccc12. The first kappa shape index (κ1) is 16.2. The Bertz CT molecular complexity index is 877. The number of imide groups is 1. The molecule has 0 spiro atoms. The Hall–Kier alpha value is -2.33. The number of carbonyl (C=O) groups is 2. The van der Waals surface area contributed by atoms with Crippen molar-refractivity contribution in [2.75, 3.05) is 18.0 Å². The maximum Gasteiger partial charge on any atom is 0.283 e. The summed E-state index contributed by atoms with van der Waals surface area (Å²) in [7, 11) is 0. The molecule has 0 atom stereocenters. The molecule has 0 bridgehead atoms. The summed E-state index contributed by atoms with van der Waals surface area (Å²) < 4.78 is 0. The molecule has 2 aliphatic rings. The van der Waals surface area contributed by atoms with E-state index in [1.54, 1.807) is 6.07 Å². The van der Waals surface area contributed by atoms with E-state index in [1.165, 1.54) is 4.90 Å². The van der Waals surface area contributed by atoms with E-state index < -0.39 is 5.91 Å². The van der Waals surface area contributed by atoms with Gasteiger partial charge in [-0.25, -0.2) is 4.90 Å². The smallest absolute Gasteiger partial charge is 0.283 e. The molecule has 0 aliphatic carbocycles. The van der Waals surface area contributed by atoms with Crippen LogP contribution in [0.5, 0.6) is 0 Å². The lowest BCUT2D eigenvalue weighted by molar-refractivity contribution is -0.121. The molecular weight excluding hydrogens is 336 g/mol. The van der Waals surface area contributed by atoms with E-state index in [2.05, 4.69) is 0 Å². The highest BCUT2D eigenvalue weighted by molar-refractivity contribution is 6.53. The van der Waals surface area contributed by atoms with Crippen molar-refractivity contribution in [3.05, 3.63) is 53.2 Å². The van der Waals surface area contributed by atoms with Gasteiger partial charge < -0.3 is 4.90 Å². The molecule has 2 heterocycles. The molecular formula is C20H19ClN2O2. The number of rotatable bonds is 2. The Balaban J connectivity index is 1.75. The van der Waals surface area contributed by atoms with Crippen LogP contribution in [0.25, 0.3) is 10.8 Å². The molecule has 4 nitrogen and oxygen atoms in total. The third kappa shape index (κ3) is 2.71. The summed E-state index contributed by atoms with van der Waals surface area (Å²) >= 11 is 6.33. The molecule has 1 fully saturated rings. The van der Waals surface area contributed by atoms with Crippen LogP contribution in [0, 0.1) is 0 Å². The van der Waals surface area contributed by atoms with Crippen molar-refractivity contribution in [1.82, 2.24) is 4.90 Å². The van der Waals surface area contributed by atoms with Gasteiger partial charge in [-0.2, -0.15) is 0 Å². The van der Waals surface area contributed by atoms with E-state index >= 15 is 0 Å². The van der Waals surface area contributed by atoms with E-state index in [4.69, 9.17) is 11.6 Å². The van der Waals surface area contributed by atoms with E-state index in [-0.39, 0.29) is 10.9 Å². The number of hydrogen-bond donors (Lipinski definition) is 0. The van der Waals surface area contributed by atoms with Crippen molar-refractivity contribution in [1.29, 1.82) is 0 Å². The highest BCUT2D eigenvalue weighted by atomic mass is 35.5. The fourth-order valence-corrected chi connectivity index (χ4v) is 3.97. The van der Waals surface area contributed by atoms with Crippen LogP contribution in [0.3, 0.4) is 0 Å². The number of amides is 2. The Labute approximate surface area is 151 Å². The van der Waals surface area contributed by atoms with Gasteiger partial charge in [0.1, 0.15) is 10.7 Å². The number of carbonyl (C=O) groups excluding carboxylic acids is 2. The maximum atomic E-state index is 13.1.